The molecule has 4 atom stereocenters. The summed E-state index contributed by atoms with van der Waals surface area (Å²) in [6, 6.07) is 0. The maximum absolute atomic E-state index is 11.7. The number of carbonyl (C=O) groups is 1. The Balaban J connectivity index is 1.56. The van der Waals surface area contributed by atoms with Gasteiger partial charge in [-0.25, -0.2) is 0 Å². The summed E-state index contributed by atoms with van der Waals surface area (Å²) in [7, 11) is 0. The molecule has 2 bridgehead atoms. The fraction of sp³-hybridized carbons (Fsp3) is 0.786. The molecule has 0 aromatic carbocycles. The summed E-state index contributed by atoms with van der Waals surface area (Å²) in [4.78, 5) is 11.7. The highest BCUT2D eigenvalue weighted by Crippen LogP contribution is 2.54. The Labute approximate surface area is 102 Å². The molecule has 3 aliphatic heterocycles. The van der Waals surface area contributed by atoms with Crippen molar-refractivity contribution in [2.24, 2.45) is 5.92 Å². The maximum Gasteiger partial charge on any atom is 0.312 e. The van der Waals surface area contributed by atoms with Crippen LogP contribution in [0, 0.1) is 5.92 Å². The second kappa shape index (κ2) is 4.13. The summed E-state index contributed by atoms with van der Waals surface area (Å²) in [5, 5.41) is 0. The lowest BCUT2D eigenvalue weighted by atomic mass is 9.78. The van der Waals surface area contributed by atoms with E-state index in [1.807, 2.05) is 6.08 Å². The molecule has 3 nitrogen and oxygen atoms in total. The van der Waals surface area contributed by atoms with Gasteiger partial charge in [0.1, 0.15) is 11.7 Å². The monoisotopic (exact) mass is 236 g/mol. The zero-order valence-corrected chi connectivity index (χ0v) is 10.2. The van der Waals surface area contributed by atoms with Crippen LogP contribution in [0.1, 0.15) is 44.9 Å². The smallest absolute Gasteiger partial charge is 0.312 e. The first-order chi connectivity index (χ1) is 8.25. The lowest BCUT2D eigenvalue weighted by Gasteiger charge is -2.27. The van der Waals surface area contributed by atoms with Crippen molar-refractivity contribution in [3.63, 3.8) is 0 Å². The van der Waals surface area contributed by atoms with Gasteiger partial charge in [-0.15, -0.1) is 6.58 Å². The van der Waals surface area contributed by atoms with Crippen molar-refractivity contribution in [1.82, 2.24) is 0 Å². The van der Waals surface area contributed by atoms with Gasteiger partial charge in [0.05, 0.1) is 12.0 Å². The second-order valence-electron chi connectivity index (χ2n) is 5.60. The van der Waals surface area contributed by atoms with Gasteiger partial charge in [-0.2, -0.15) is 0 Å². The lowest BCUT2D eigenvalue weighted by molar-refractivity contribution is -0.150. The number of esters is 1. The predicted molar refractivity (Wildman–Crippen MR) is 63.5 cm³/mol. The number of unbranched alkanes of at least 4 members (excludes halogenated alkanes) is 3. The minimum atomic E-state index is -0.251. The molecule has 0 saturated carbocycles. The molecule has 0 aromatic rings. The van der Waals surface area contributed by atoms with Gasteiger partial charge in [-0.05, 0) is 32.1 Å². The van der Waals surface area contributed by atoms with Gasteiger partial charge >= 0.3 is 5.97 Å². The third kappa shape index (κ3) is 1.71. The van der Waals surface area contributed by atoms with Crippen LogP contribution in [-0.2, 0) is 14.3 Å². The van der Waals surface area contributed by atoms with Gasteiger partial charge < -0.3 is 9.47 Å². The molecule has 3 rings (SSSR count). The fourth-order valence-corrected chi connectivity index (χ4v) is 3.67. The molecule has 3 heteroatoms. The van der Waals surface area contributed by atoms with Gasteiger partial charge in [0, 0.05) is 6.42 Å². The molecule has 3 fully saturated rings. The Morgan fingerprint density at radius 3 is 3.06 bits per heavy atom. The highest BCUT2D eigenvalue weighted by atomic mass is 16.6. The zero-order chi connectivity index (χ0) is 11.9. The molecule has 3 heterocycles. The van der Waals surface area contributed by atoms with Crippen LogP contribution in [0.4, 0.5) is 0 Å². The van der Waals surface area contributed by atoms with E-state index >= 15 is 0 Å². The first kappa shape index (κ1) is 11.3. The molecule has 3 saturated heterocycles. The van der Waals surface area contributed by atoms with E-state index in [9.17, 15) is 4.79 Å². The normalized spacial score (nSPS) is 41.9. The largest absolute Gasteiger partial charge is 0.456 e. The molecule has 0 radical (unpaired) electrons. The Morgan fingerprint density at radius 1 is 1.41 bits per heavy atom. The van der Waals surface area contributed by atoms with E-state index in [4.69, 9.17) is 9.47 Å². The number of rotatable bonds is 6. The average molecular weight is 236 g/mol. The van der Waals surface area contributed by atoms with E-state index in [1.54, 1.807) is 0 Å². The van der Waals surface area contributed by atoms with Crippen LogP contribution in [-0.4, -0.2) is 23.8 Å². The first-order valence-electron chi connectivity index (χ1n) is 6.74. The predicted octanol–water partition coefficient (Wildman–Crippen LogP) is 2.60. The first-order valence-corrected chi connectivity index (χ1v) is 6.74. The van der Waals surface area contributed by atoms with Crippen LogP contribution in [0.25, 0.3) is 0 Å². The van der Waals surface area contributed by atoms with Crippen molar-refractivity contribution in [1.29, 1.82) is 0 Å². The van der Waals surface area contributed by atoms with Gasteiger partial charge in [0.25, 0.3) is 0 Å². The minimum absolute atomic E-state index is 0.0129. The molecule has 0 spiro atoms. The van der Waals surface area contributed by atoms with E-state index in [0.29, 0.717) is 0 Å². The van der Waals surface area contributed by atoms with Crippen molar-refractivity contribution in [3.05, 3.63) is 12.7 Å². The van der Waals surface area contributed by atoms with Crippen molar-refractivity contribution >= 4 is 5.97 Å². The minimum Gasteiger partial charge on any atom is -0.456 e. The van der Waals surface area contributed by atoms with E-state index in [2.05, 4.69) is 6.58 Å². The maximum atomic E-state index is 11.7. The summed E-state index contributed by atoms with van der Waals surface area (Å²) in [6.45, 7) is 3.72. The van der Waals surface area contributed by atoms with E-state index in [-0.39, 0.29) is 29.7 Å². The second-order valence-corrected chi connectivity index (χ2v) is 5.60. The van der Waals surface area contributed by atoms with Crippen molar-refractivity contribution in [2.45, 2.75) is 62.8 Å². The Bertz CT molecular complexity index is 338. The molecule has 0 aromatic heterocycles. The molecule has 4 unspecified atom stereocenters. The van der Waals surface area contributed by atoms with Gasteiger partial charge in [-0.1, -0.05) is 12.5 Å². The van der Waals surface area contributed by atoms with Crippen LogP contribution < -0.4 is 0 Å². The Morgan fingerprint density at radius 2 is 2.29 bits per heavy atom. The standard InChI is InChI=1S/C14H20O3/c1-2-3-4-5-6-7-14-9-10-8-11(12(14)16-10)13(15)17-14/h2,10-12H,1,3-9H2. The van der Waals surface area contributed by atoms with Crippen molar-refractivity contribution < 1.29 is 14.3 Å². The summed E-state index contributed by atoms with van der Waals surface area (Å²) < 4.78 is 11.5. The quantitative estimate of drug-likeness (QED) is 0.404. The molecular formula is C14H20O3. The fourth-order valence-electron chi connectivity index (χ4n) is 3.67. The van der Waals surface area contributed by atoms with E-state index in [1.165, 1.54) is 12.8 Å². The average Bonchev–Trinajstić information content (AvgIpc) is 2.88. The summed E-state index contributed by atoms with van der Waals surface area (Å²) in [5.74, 6) is 0.0306. The molecule has 0 N–H and O–H groups in total. The topological polar surface area (TPSA) is 35.5 Å². The number of hydrogen-bond acceptors (Lipinski definition) is 3. The zero-order valence-electron chi connectivity index (χ0n) is 10.2. The molecular weight excluding hydrogens is 216 g/mol. The number of fused-ring (bicyclic) bond motifs is 1. The van der Waals surface area contributed by atoms with E-state index < -0.39 is 0 Å². The van der Waals surface area contributed by atoms with Gasteiger partial charge in [0.2, 0.25) is 0 Å². The van der Waals surface area contributed by atoms with Crippen LogP contribution >= 0.6 is 0 Å². The summed E-state index contributed by atoms with van der Waals surface area (Å²) in [5.41, 5.74) is -0.251. The third-order valence-electron chi connectivity index (χ3n) is 4.43. The van der Waals surface area contributed by atoms with Gasteiger partial charge in [0.15, 0.2) is 0 Å². The molecule has 3 aliphatic rings. The van der Waals surface area contributed by atoms with Crippen molar-refractivity contribution in [2.75, 3.05) is 0 Å². The molecule has 94 valence electrons. The number of carbonyl (C=O) groups excluding carboxylic acids is 1. The van der Waals surface area contributed by atoms with Gasteiger partial charge in [-0.3, -0.25) is 4.79 Å². The lowest BCUT2D eigenvalue weighted by Crippen LogP contribution is -2.38. The highest BCUT2D eigenvalue weighted by molar-refractivity contribution is 5.78. The Hall–Kier alpha value is -0.830. The summed E-state index contributed by atoms with van der Waals surface area (Å²) in [6.07, 6.45) is 9.70. The number of hydrogen-bond donors (Lipinski definition) is 0. The highest BCUT2D eigenvalue weighted by Gasteiger charge is 2.66. The SMILES string of the molecule is C=CCCCCCC12CC3CC(C(=O)O1)C2O3. The van der Waals surface area contributed by atoms with Crippen LogP contribution in [0.15, 0.2) is 12.7 Å². The van der Waals surface area contributed by atoms with E-state index in [0.717, 1.165) is 32.1 Å². The third-order valence-corrected chi connectivity index (χ3v) is 4.43. The Kier molecular flexibility index (Phi) is 2.74. The van der Waals surface area contributed by atoms with Crippen molar-refractivity contribution in [3.8, 4) is 0 Å². The molecule has 17 heavy (non-hydrogen) atoms. The van der Waals surface area contributed by atoms with Crippen LogP contribution in [0.2, 0.25) is 0 Å². The van der Waals surface area contributed by atoms with Crippen LogP contribution in [0.5, 0.6) is 0 Å². The number of allylic oxidation sites excluding steroid dienone is 1. The van der Waals surface area contributed by atoms with Crippen LogP contribution in [0.3, 0.4) is 0 Å². The number of ether oxygens (including phenoxy) is 2. The summed E-state index contributed by atoms with van der Waals surface area (Å²) >= 11 is 0. The molecule has 0 aliphatic carbocycles. The molecule has 0 amide bonds.